The molecule has 0 aliphatic rings. The van der Waals surface area contributed by atoms with Crippen molar-refractivity contribution in [1.82, 2.24) is 4.90 Å². The number of hydrogen-bond acceptors (Lipinski definition) is 18. The van der Waals surface area contributed by atoms with E-state index in [2.05, 4.69) is 25.9 Å². The molecule has 0 saturated heterocycles. The first-order valence-electron chi connectivity index (χ1n) is 26.8. The fourth-order valence-electron chi connectivity index (χ4n) is 7.27. The van der Waals surface area contributed by atoms with E-state index in [1.165, 1.54) is 0 Å². The lowest BCUT2D eigenvalue weighted by atomic mass is 9.94. The number of carbonyl (C=O) groups excluding carboxylic acids is 7. The van der Waals surface area contributed by atoms with Gasteiger partial charge in [-0.05, 0) is 77.0 Å². The number of hydrogen-bond donors (Lipinski definition) is 1. The second-order valence-corrected chi connectivity index (χ2v) is 17.9. The van der Waals surface area contributed by atoms with Gasteiger partial charge in [0.05, 0.1) is 72.1 Å². The van der Waals surface area contributed by atoms with Gasteiger partial charge in [0.25, 0.3) is 0 Å². The Kier molecular flexibility index (Phi) is 44.3. The van der Waals surface area contributed by atoms with Crippen LogP contribution >= 0.6 is 0 Å². The molecule has 0 radical (unpaired) electrons. The van der Waals surface area contributed by atoms with Crippen LogP contribution in [0.3, 0.4) is 0 Å². The highest BCUT2D eigenvalue weighted by molar-refractivity contribution is 5.92. The molecule has 0 amide bonds. The SMILES string of the molecule is CCCCCCCC(=O)OCCCCCOC(=O)CC(CC(=O)OCCCCCOC(=O)CCCCCCC)(OC(=O)CCN(CCO)CCN=O)C(=O)OCCCCCOC(=O)CCCCCCC. The van der Waals surface area contributed by atoms with Crippen molar-refractivity contribution < 1.29 is 71.8 Å². The smallest absolute Gasteiger partial charge is 0.351 e. The van der Waals surface area contributed by atoms with E-state index < -0.39 is 42.3 Å². The van der Waals surface area contributed by atoms with Crippen LogP contribution in [0.5, 0.6) is 0 Å². The molecule has 0 rings (SSSR count). The van der Waals surface area contributed by atoms with Crippen molar-refractivity contribution in [3.8, 4) is 0 Å². The maximum atomic E-state index is 14.1. The highest BCUT2D eigenvalue weighted by atomic mass is 16.6. The summed E-state index contributed by atoms with van der Waals surface area (Å²) in [5.41, 5.74) is -2.47. The molecular weight excluding hydrogens is 909 g/mol. The van der Waals surface area contributed by atoms with Gasteiger partial charge in [0, 0.05) is 38.9 Å². The third-order valence-corrected chi connectivity index (χ3v) is 11.5. The molecule has 0 aromatic rings. The maximum Gasteiger partial charge on any atom is 0.351 e. The van der Waals surface area contributed by atoms with E-state index in [1.54, 1.807) is 4.90 Å². The molecule has 18 nitrogen and oxygen atoms in total. The molecule has 0 aliphatic heterocycles. The first kappa shape index (κ1) is 65.8. The lowest BCUT2D eigenvalue weighted by Gasteiger charge is -2.30. The topological polar surface area (TPSA) is 237 Å². The van der Waals surface area contributed by atoms with Gasteiger partial charge in [0.15, 0.2) is 0 Å². The minimum atomic E-state index is -2.47. The first-order valence-corrected chi connectivity index (χ1v) is 26.8. The summed E-state index contributed by atoms with van der Waals surface area (Å²) in [6.45, 7) is 6.65. The summed E-state index contributed by atoms with van der Waals surface area (Å²) >= 11 is 0. The highest BCUT2D eigenvalue weighted by Crippen LogP contribution is 2.27. The molecule has 0 aromatic heterocycles. The number of ether oxygens (including phenoxy) is 7. The molecule has 406 valence electrons. The van der Waals surface area contributed by atoms with Gasteiger partial charge < -0.3 is 38.3 Å². The third-order valence-electron chi connectivity index (χ3n) is 11.5. The number of aliphatic hydroxyl groups is 1. The van der Waals surface area contributed by atoms with Gasteiger partial charge >= 0.3 is 41.8 Å². The van der Waals surface area contributed by atoms with E-state index in [-0.39, 0.29) is 96.8 Å². The Morgan fingerprint density at radius 2 is 0.743 bits per heavy atom. The van der Waals surface area contributed by atoms with E-state index in [0.29, 0.717) is 77.0 Å². The maximum absolute atomic E-state index is 14.1. The molecule has 0 aromatic carbocycles. The van der Waals surface area contributed by atoms with E-state index in [0.717, 1.165) is 96.3 Å². The van der Waals surface area contributed by atoms with Gasteiger partial charge in [-0.15, -0.1) is 0 Å². The molecule has 0 aliphatic carbocycles. The molecule has 0 fully saturated rings. The number of nitroso groups, excluding NO2 is 1. The van der Waals surface area contributed by atoms with Gasteiger partial charge in [-0.3, -0.25) is 33.7 Å². The normalized spacial score (nSPS) is 11.2. The van der Waals surface area contributed by atoms with Gasteiger partial charge in [-0.25, -0.2) is 4.79 Å². The van der Waals surface area contributed by atoms with Gasteiger partial charge in [-0.1, -0.05) is 103 Å². The van der Waals surface area contributed by atoms with Crippen molar-refractivity contribution in [2.75, 3.05) is 72.4 Å². The van der Waals surface area contributed by atoms with Crippen LogP contribution < -0.4 is 0 Å². The standard InChI is InChI=1S/C52H92N2O16/c1-4-7-10-13-19-28-45(56)64-37-22-16-25-40-67-49(60)43-52(70-48(59)31-33-54(35-36-55)34-32-53-63,51(62)69-42-27-18-24-39-66-47(58)30-21-15-12-9-6-3)44-50(61)68-41-26-17-23-38-65-46(57)29-20-14-11-8-5-2/h55H,4-44H2,1-3H3. The van der Waals surface area contributed by atoms with Crippen LogP contribution in [-0.2, 0) is 66.7 Å². The number of carbonyl (C=O) groups is 7. The van der Waals surface area contributed by atoms with Crippen LogP contribution in [0, 0.1) is 4.91 Å². The average molecular weight is 1000 g/mol. The summed E-state index contributed by atoms with van der Waals surface area (Å²) in [4.78, 5) is 103. The lowest BCUT2D eigenvalue weighted by Crippen LogP contribution is -2.49. The zero-order chi connectivity index (χ0) is 51.8. The van der Waals surface area contributed by atoms with Gasteiger partial charge in [0.2, 0.25) is 5.60 Å². The van der Waals surface area contributed by atoms with Crippen molar-refractivity contribution in [2.45, 2.75) is 219 Å². The number of rotatable bonds is 50. The van der Waals surface area contributed by atoms with Crippen molar-refractivity contribution in [1.29, 1.82) is 0 Å². The van der Waals surface area contributed by atoms with Crippen LogP contribution in [0.1, 0.15) is 213 Å². The van der Waals surface area contributed by atoms with Crippen molar-refractivity contribution in [3.05, 3.63) is 4.91 Å². The number of esters is 7. The molecule has 0 unspecified atom stereocenters. The number of unbranched alkanes of at least 4 members (excludes halogenated alkanes) is 18. The molecular formula is C52H92N2O16. The van der Waals surface area contributed by atoms with E-state index in [4.69, 9.17) is 33.2 Å². The third kappa shape index (κ3) is 39.5. The van der Waals surface area contributed by atoms with Crippen LogP contribution in [0.2, 0.25) is 0 Å². The van der Waals surface area contributed by atoms with Crippen LogP contribution in [-0.4, -0.2) is 130 Å². The number of nitrogens with zero attached hydrogens (tertiary/aromatic N) is 2. The lowest BCUT2D eigenvalue weighted by molar-refractivity contribution is -0.191. The summed E-state index contributed by atoms with van der Waals surface area (Å²) in [7, 11) is 0. The largest absolute Gasteiger partial charge is 0.466 e. The zero-order valence-electron chi connectivity index (χ0n) is 43.5. The minimum absolute atomic E-state index is 0.000898. The second kappa shape index (κ2) is 47.2. The van der Waals surface area contributed by atoms with Crippen molar-refractivity contribution in [2.24, 2.45) is 5.18 Å². The van der Waals surface area contributed by atoms with Crippen LogP contribution in [0.4, 0.5) is 0 Å². The monoisotopic (exact) mass is 1000 g/mol. The van der Waals surface area contributed by atoms with Gasteiger partial charge in [-0.2, -0.15) is 4.91 Å². The van der Waals surface area contributed by atoms with E-state index >= 15 is 0 Å². The van der Waals surface area contributed by atoms with Gasteiger partial charge in [0.1, 0.15) is 0 Å². The predicted molar refractivity (Wildman–Crippen MR) is 264 cm³/mol. The Morgan fingerprint density at radius 1 is 0.400 bits per heavy atom. The minimum Gasteiger partial charge on any atom is -0.466 e. The molecule has 0 spiro atoms. The average Bonchev–Trinajstić information content (AvgIpc) is 3.33. The second-order valence-electron chi connectivity index (χ2n) is 17.9. The van der Waals surface area contributed by atoms with Crippen molar-refractivity contribution in [3.63, 3.8) is 0 Å². The summed E-state index contributed by atoms with van der Waals surface area (Å²) in [5.74, 6) is -4.74. The number of aliphatic hydroxyl groups excluding tert-OH is 1. The summed E-state index contributed by atoms with van der Waals surface area (Å²) in [5, 5.41) is 12.3. The van der Waals surface area contributed by atoms with Crippen LogP contribution in [0.15, 0.2) is 5.18 Å². The fourth-order valence-corrected chi connectivity index (χ4v) is 7.27. The molecule has 0 saturated carbocycles. The molecule has 0 atom stereocenters. The highest BCUT2D eigenvalue weighted by Gasteiger charge is 2.49. The molecule has 1 N–H and O–H groups in total. The van der Waals surface area contributed by atoms with E-state index in [9.17, 15) is 43.6 Å². The summed E-state index contributed by atoms with van der Waals surface area (Å²) < 4.78 is 38.3. The predicted octanol–water partition coefficient (Wildman–Crippen LogP) is 9.35. The molecule has 18 heteroatoms. The van der Waals surface area contributed by atoms with Crippen LogP contribution in [0.25, 0.3) is 0 Å². The van der Waals surface area contributed by atoms with Crippen molar-refractivity contribution >= 4 is 41.8 Å². The van der Waals surface area contributed by atoms with E-state index in [1.807, 2.05) is 0 Å². The summed E-state index contributed by atoms with van der Waals surface area (Å²) in [6, 6.07) is 0. The fraction of sp³-hybridized carbons (Fsp3) is 0.865. The molecule has 0 bridgehead atoms. The zero-order valence-corrected chi connectivity index (χ0v) is 43.5. The Morgan fingerprint density at radius 3 is 1.10 bits per heavy atom. The Hall–Kier alpha value is -4.19. The quantitative estimate of drug-likeness (QED) is 0.0258. The molecule has 0 heterocycles. The summed E-state index contributed by atoms with van der Waals surface area (Å²) in [6.07, 6.45) is 18.7. The molecule has 70 heavy (non-hydrogen) atoms. The first-order chi connectivity index (χ1) is 34.0. The Labute approximate surface area is 419 Å². The Bertz CT molecular complexity index is 1340. The Balaban J connectivity index is 5.75.